The number of benzene rings is 2. The van der Waals surface area contributed by atoms with Crippen LogP contribution in [-0.2, 0) is 20.0 Å². The maximum Gasteiger partial charge on any atom is 0.277 e. The molecule has 0 atom stereocenters. The molecule has 2 aromatic heterocycles. The lowest BCUT2D eigenvalue weighted by Crippen LogP contribution is -2.22. The lowest BCUT2D eigenvalue weighted by Gasteiger charge is -2.06. The van der Waals surface area contributed by atoms with Crippen molar-refractivity contribution in [2.45, 2.75) is 13.0 Å². The summed E-state index contributed by atoms with van der Waals surface area (Å²) in [6.07, 6.45) is 2.07. The van der Waals surface area contributed by atoms with E-state index in [1.807, 2.05) is 0 Å². The molecule has 25 heavy (non-hydrogen) atoms. The minimum Gasteiger partial charge on any atom is -0.338 e. The largest absolute Gasteiger partial charge is 0.338 e. The number of halogens is 2. The third-order valence-electron chi connectivity index (χ3n) is 4.48. The maximum atomic E-state index is 13.5. The molecule has 2 heterocycles. The number of fused-ring (bicyclic) bond motifs is 3. The lowest BCUT2D eigenvalue weighted by atomic mass is 10.1. The van der Waals surface area contributed by atoms with Gasteiger partial charge in [0.05, 0.1) is 11.8 Å². The molecule has 6 heteroatoms. The summed E-state index contributed by atoms with van der Waals surface area (Å²) in [7, 11) is 1.77. The van der Waals surface area contributed by atoms with Crippen LogP contribution in [-0.4, -0.2) is 14.1 Å². The summed E-state index contributed by atoms with van der Waals surface area (Å²) in [5.41, 5.74) is 2.47. The minimum absolute atomic E-state index is 0.175. The molecule has 0 saturated heterocycles. The summed E-state index contributed by atoms with van der Waals surface area (Å²) in [5.74, 6) is -0.644. The average molecular weight is 339 g/mol. The summed E-state index contributed by atoms with van der Waals surface area (Å²) >= 11 is 0. The Hall–Kier alpha value is -3.02. The highest BCUT2D eigenvalue weighted by molar-refractivity contribution is 6.05. The zero-order valence-electron chi connectivity index (χ0n) is 13.5. The summed E-state index contributed by atoms with van der Waals surface area (Å²) in [4.78, 5) is 17.2. The SMILES string of the molecule is Cn1c2ccc(F)cc2c2ncn(CCc3ccc(F)cc3)c(=O)c21. The van der Waals surface area contributed by atoms with Crippen LogP contribution >= 0.6 is 0 Å². The summed E-state index contributed by atoms with van der Waals surface area (Å²) in [5, 5.41) is 0.625. The van der Waals surface area contributed by atoms with E-state index in [2.05, 4.69) is 4.98 Å². The van der Waals surface area contributed by atoms with Gasteiger partial charge in [0.2, 0.25) is 0 Å². The van der Waals surface area contributed by atoms with Gasteiger partial charge in [-0.1, -0.05) is 12.1 Å². The van der Waals surface area contributed by atoms with Crippen molar-refractivity contribution in [3.05, 3.63) is 76.3 Å². The molecule has 0 N–H and O–H groups in total. The molecule has 4 rings (SSSR count). The van der Waals surface area contributed by atoms with Crippen LogP contribution in [0.25, 0.3) is 21.9 Å². The van der Waals surface area contributed by atoms with E-state index < -0.39 is 0 Å². The predicted octanol–water partition coefficient (Wildman–Crippen LogP) is 3.41. The third-order valence-corrected chi connectivity index (χ3v) is 4.48. The Labute approximate surface area is 142 Å². The second-order valence-electron chi connectivity index (χ2n) is 6.04. The number of rotatable bonds is 3. The first-order valence-electron chi connectivity index (χ1n) is 7.92. The monoisotopic (exact) mass is 339 g/mol. The van der Waals surface area contributed by atoms with Gasteiger partial charge in [0.1, 0.15) is 22.7 Å². The van der Waals surface area contributed by atoms with Crippen LogP contribution in [0.15, 0.2) is 53.6 Å². The quantitative estimate of drug-likeness (QED) is 0.574. The van der Waals surface area contributed by atoms with Crippen molar-refractivity contribution >= 4 is 21.9 Å². The zero-order chi connectivity index (χ0) is 17.6. The van der Waals surface area contributed by atoms with E-state index in [0.717, 1.165) is 11.1 Å². The van der Waals surface area contributed by atoms with Gasteiger partial charge in [-0.25, -0.2) is 13.8 Å². The van der Waals surface area contributed by atoms with Crippen molar-refractivity contribution in [3.8, 4) is 0 Å². The number of aryl methyl sites for hydroxylation is 3. The number of aromatic nitrogens is 3. The molecule has 0 bridgehead atoms. The van der Waals surface area contributed by atoms with Crippen LogP contribution in [0, 0.1) is 11.6 Å². The molecule has 0 amide bonds. The standard InChI is InChI=1S/C19H15F2N3O/c1-23-16-7-6-14(21)10-15(16)17-18(23)19(25)24(11-22-17)9-8-12-2-4-13(20)5-3-12/h2-7,10-11H,8-9H2,1H3. The van der Waals surface area contributed by atoms with Gasteiger partial charge in [0, 0.05) is 19.0 Å². The highest BCUT2D eigenvalue weighted by atomic mass is 19.1. The van der Waals surface area contributed by atoms with E-state index in [1.165, 1.54) is 35.2 Å². The zero-order valence-corrected chi connectivity index (χ0v) is 13.5. The Morgan fingerprint density at radius 2 is 1.76 bits per heavy atom. The second kappa shape index (κ2) is 5.81. The van der Waals surface area contributed by atoms with Gasteiger partial charge in [-0.2, -0.15) is 0 Å². The molecule has 0 aliphatic heterocycles. The molecule has 2 aromatic carbocycles. The van der Waals surface area contributed by atoms with Gasteiger partial charge in [0.25, 0.3) is 5.56 Å². The molecular weight excluding hydrogens is 324 g/mol. The van der Waals surface area contributed by atoms with Crippen LogP contribution in [0.3, 0.4) is 0 Å². The van der Waals surface area contributed by atoms with Crippen molar-refractivity contribution in [2.24, 2.45) is 7.05 Å². The molecule has 0 saturated carbocycles. The molecule has 0 spiro atoms. The molecule has 0 aliphatic carbocycles. The summed E-state index contributed by atoms with van der Waals surface area (Å²) in [6, 6.07) is 10.6. The van der Waals surface area contributed by atoms with E-state index in [1.54, 1.807) is 29.8 Å². The van der Waals surface area contributed by atoms with Gasteiger partial charge in [-0.05, 0) is 42.3 Å². The van der Waals surface area contributed by atoms with Crippen molar-refractivity contribution < 1.29 is 8.78 Å². The first-order valence-corrected chi connectivity index (χ1v) is 7.92. The van der Waals surface area contributed by atoms with Crippen molar-refractivity contribution in [1.29, 1.82) is 0 Å². The molecule has 4 nitrogen and oxygen atoms in total. The summed E-state index contributed by atoms with van der Waals surface area (Å²) in [6.45, 7) is 0.434. The average Bonchev–Trinajstić information content (AvgIpc) is 2.88. The van der Waals surface area contributed by atoms with Crippen LogP contribution < -0.4 is 5.56 Å². The molecular formula is C19H15F2N3O. The molecule has 0 radical (unpaired) electrons. The molecule has 126 valence electrons. The van der Waals surface area contributed by atoms with E-state index in [0.29, 0.717) is 29.4 Å². The fraction of sp³-hybridized carbons (Fsp3) is 0.158. The van der Waals surface area contributed by atoms with Gasteiger partial charge >= 0.3 is 0 Å². The lowest BCUT2D eigenvalue weighted by molar-refractivity contribution is 0.624. The Morgan fingerprint density at radius 3 is 2.52 bits per heavy atom. The Balaban J connectivity index is 1.77. The molecule has 0 unspecified atom stereocenters. The highest BCUT2D eigenvalue weighted by Crippen LogP contribution is 2.24. The normalized spacial score (nSPS) is 11.5. The Bertz CT molecular complexity index is 1140. The number of hydrogen-bond acceptors (Lipinski definition) is 2. The molecule has 0 aliphatic rings. The predicted molar refractivity (Wildman–Crippen MR) is 92.5 cm³/mol. The van der Waals surface area contributed by atoms with Crippen molar-refractivity contribution in [3.63, 3.8) is 0 Å². The van der Waals surface area contributed by atoms with Crippen molar-refractivity contribution in [2.75, 3.05) is 0 Å². The molecule has 4 aromatic rings. The van der Waals surface area contributed by atoms with Gasteiger partial charge < -0.3 is 4.57 Å². The first-order chi connectivity index (χ1) is 12.0. The fourth-order valence-electron chi connectivity index (χ4n) is 3.15. The van der Waals surface area contributed by atoms with Crippen molar-refractivity contribution in [1.82, 2.24) is 14.1 Å². The Morgan fingerprint density at radius 1 is 1.04 bits per heavy atom. The van der Waals surface area contributed by atoms with E-state index in [-0.39, 0.29) is 17.2 Å². The topological polar surface area (TPSA) is 39.8 Å². The van der Waals surface area contributed by atoms with Gasteiger partial charge in [-0.3, -0.25) is 9.36 Å². The number of nitrogens with zero attached hydrogens (tertiary/aromatic N) is 3. The van der Waals surface area contributed by atoms with Gasteiger partial charge in [0.15, 0.2) is 0 Å². The first kappa shape index (κ1) is 15.5. The van der Waals surface area contributed by atoms with Crippen LogP contribution in [0.1, 0.15) is 5.56 Å². The van der Waals surface area contributed by atoms with Crippen LogP contribution in [0.4, 0.5) is 8.78 Å². The van der Waals surface area contributed by atoms with E-state index >= 15 is 0 Å². The van der Waals surface area contributed by atoms with E-state index in [4.69, 9.17) is 0 Å². The maximum absolute atomic E-state index is 13.5. The van der Waals surface area contributed by atoms with Crippen LogP contribution in [0.5, 0.6) is 0 Å². The Kier molecular flexibility index (Phi) is 3.60. The molecule has 0 fully saturated rings. The van der Waals surface area contributed by atoms with E-state index in [9.17, 15) is 13.6 Å². The van der Waals surface area contributed by atoms with Gasteiger partial charge in [-0.15, -0.1) is 0 Å². The smallest absolute Gasteiger partial charge is 0.277 e. The third kappa shape index (κ3) is 2.59. The van der Waals surface area contributed by atoms with Crippen LogP contribution in [0.2, 0.25) is 0 Å². The number of hydrogen-bond donors (Lipinski definition) is 0. The fourth-order valence-corrected chi connectivity index (χ4v) is 3.15. The highest BCUT2D eigenvalue weighted by Gasteiger charge is 2.14. The minimum atomic E-state index is -0.359. The summed E-state index contributed by atoms with van der Waals surface area (Å²) < 4.78 is 29.8. The second-order valence-corrected chi connectivity index (χ2v) is 6.04.